The third kappa shape index (κ3) is 4.58. The van der Waals surface area contributed by atoms with Crippen LogP contribution < -0.4 is 0 Å². The van der Waals surface area contributed by atoms with Crippen LogP contribution in [0.15, 0.2) is 5.16 Å². The molecule has 18 heavy (non-hydrogen) atoms. The Labute approximate surface area is 109 Å². The minimum Gasteiger partial charge on any atom is -0.411 e. The van der Waals surface area contributed by atoms with Crippen molar-refractivity contribution in [1.29, 1.82) is 0 Å². The van der Waals surface area contributed by atoms with Crippen molar-refractivity contribution in [1.82, 2.24) is 0 Å². The number of ether oxygens (including phenoxy) is 2. The van der Waals surface area contributed by atoms with Crippen molar-refractivity contribution in [3.8, 4) is 0 Å². The lowest BCUT2D eigenvalue weighted by atomic mass is 9.81. The van der Waals surface area contributed by atoms with Gasteiger partial charge in [0.1, 0.15) is 0 Å². The molecule has 0 amide bonds. The minimum absolute atomic E-state index is 0.0524. The molecule has 0 spiro atoms. The van der Waals surface area contributed by atoms with Crippen LogP contribution >= 0.6 is 0 Å². The molecule has 1 aliphatic heterocycles. The normalized spacial score (nSPS) is 33.9. The zero-order chi connectivity index (χ0) is 12.6. The maximum absolute atomic E-state index is 8.51. The van der Waals surface area contributed by atoms with E-state index < -0.39 is 0 Å². The molecule has 104 valence electrons. The van der Waals surface area contributed by atoms with Gasteiger partial charge in [-0.2, -0.15) is 0 Å². The van der Waals surface area contributed by atoms with Crippen molar-refractivity contribution < 1.29 is 14.7 Å². The van der Waals surface area contributed by atoms with Crippen LogP contribution in [0.5, 0.6) is 0 Å². The molecule has 1 saturated heterocycles. The Morgan fingerprint density at radius 1 is 1.17 bits per heavy atom. The molecule has 0 bridgehead atoms. The molecule has 1 heterocycles. The van der Waals surface area contributed by atoms with Gasteiger partial charge in [-0.05, 0) is 63.2 Å². The van der Waals surface area contributed by atoms with E-state index in [9.17, 15) is 0 Å². The van der Waals surface area contributed by atoms with E-state index in [1.54, 1.807) is 6.21 Å². The summed E-state index contributed by atoms with van der Waals surface area (Å²) < 4.78 is 11.3. The minimum atomic E-state index is 0.0524. The molecule has 4 heteroatoms. The van der Waals surface area contributed by atoms with Crippen LogP contribution in [0.4, 0.5) is 0 Å². The van der Waals surface area contributed by atoms with E-state index in [-0.39, 0.29) is 6.29 Å². The maximum Gasteiger partial charge on any atom is 0.157 e. The molecule has 1 atom stereocenters. The summed E-state index contributed by atoms with van der Waals surface area (Å²) in [5, 5.41) is 11.6. The van der Waals surface area contributed by atoms with Crippen molar-refractivity contribution in [3.05, 3.63) is 0 Å². The second kappa shape index (κ2) is 7.74. The molecule has 2 rings (SSSR count). The lowest BCUT2D eigenvalue weighted by Gasteiger charge is -2.27. The zero-order valence-electron chi connectivity index (χ0n) is 11.1. The van der Waals surface area contributed by atoms with E-state index in [0.717, 1.165) is 44.8 Å². The number of rotatable bonds is 5. The number of nitrogens with zero attached hydrogens (tertiary/aromatic N) is 1. The first-order valence-corrected chi connectivity index (χ1v) is 7.29. The van der Waals surface area contributed by atoms with Gasteiger partial charge in [-0.1, -0.05) is 0 Å². The zero-order valence-corrected chi connectivity index (χ0v) is 11.1. The van der Waals surface area contributed by atoms with Gasteiger partial charge in [0, 0.05) is 19.4 Å². The van der Waals surface area contributed by atoms with Crippen molar-refractivity contribution >= 4 is 6.21 Å². The Balaban J connectivity index is 1.54. The fraction of sp³-hybridized carbons (Fsp3) is 0.929. The summed E-state index contributed by atoms with van der Waals surface area (Å²) in [7, 11) is 0. The molecule has 0 aromatic carbocycles. The summed E-state index contributed by atoms with van der Waals surface area (Å²) in [6.07, 6.45) is 11.1. The Bertz CT molecular complexity index is 243. The van der Waals surface area contributed by atoms with Gasteiger partial charge < -0.3 is 14.7 Å². The van der Waals surface area contributed by atoms with Gasteiger partial charge in [0.2, 0.25) is 0 Å². The highest BCUT2D eigenvalue weighted by molar-refractivity contribution is 5.59. The topological polar surface area (TPSA) is 51.1 Å². The summed E-state index contributed by atoms with van der Waals surface area (Å²) in [5.74, 6) is 1.26. The Morgan fingerprint density at radius 2 is 2.00 bits per heavy atom. The average molecular weight is 255 g/mol. The smallest absolute Gasteiger partial charge is 0.157 e. The second-order valence-electron chi connectivity index (χ2n) is 5.50. The molecule has 0 radical (unpaired) electrons. The average Bonchev–Trinajstić information content (AvgIpc) is 2.42. The molecule has 1 N–H and O–H groups in total. The van der Waals surface area contributed by atoms with Crippen LogP contribution in [-0.4, -0.2) is 30.9 Å². The van der Waals surface area contributed by atoms with E-state index in [4.69, 9.17) is 14.7 Å². The molecule has 2 aliphatic rings. The molecule has 4 nitrogen and oxygen atoms in total. The molecule has 1 saturated carbocycles. The molecular formula is C14H25NO3. The van der Waals surface area contributed by atoms with Gasteiger partial charge in [-0.15, -0.1) is 5.16 Å². The van der Waals surface area contributed by atoms with Gasteiger partial charge >= 0.3 is 0 Å². The first kappa shape index (κ1) is 13.8. The van der Waals surface area contributed by atoms with Crippen molar-refractivity contribution in [2.75, 3.05) is 13.2 Å². The molecule has 0 aromatic heterocycles. The third-order valence-electron chi connectivity index (χ3n) is 4.14. The highest BCUT2D eigenvalue weighted by Gasteiger charge is 2.21. The van der Waals surface area contributed by atoms with Gasteiger partial charge in [0.05, 0.1) is 0 Å². The predicted octanol–water partition coefficient (Wildman–Crippen LogP) is 3.19. The Morgan fingerprint density at radius 3 is 2.67 bits per heavy atom. The SMILES string of the molecule is ON=CC1CCC(CCOC2CCCCO2)CC1. The fourth-order valence-corrected chi connectivity index (χ4v) is 2.93. The molecular weight excluding hydrogens is 230 g/mol. The van der Waals surface area contributed by atoms with Gasteiger partial charge in [0.25, 0.3) is 0 Å². The third-order valence-corrected chi connectivity index (χ3v) is 4.14. The largest absolute Gasteiger partial charge is 0.411 e. The maximum atomic E-state index is 8.51. The first-order valence-electron chi connectivity index (χ1n) is 7.29. The quantitative estimate of drug-likeness (QED) is 0.466. The highest BCUT2D eigenvalue weighted by atomic mass is 16.7. The Hall–Kier alpha value is -0.610. The van der Waals surface area contributed by atoms with E-state index in [1.807, 2.05) is 0 Å². The standard InChI is InChI=1S/C14H25NO3/c16-15-11-13-6-4-12(5-7-13)8-10-18-14-3-1-2-9-17-14/h11-14,16H,1-10H2. The van der Waals surface area contributed by atoms with Gasteiger partial charge in [-0.3, -0.25) is 0 Å². The summed E-state index contributed by atoms with van der Waals surface area (Å²) in [6, 6.07) is 0. The lowest BCUT2D eigenvalue weighted by molar-refractivity contribution is -0.164. The number of oxime groups is 1. The van der Waals surface area contributed by atoms with Gasteiger partial charge in [-0.25, -0.2) is 0 Å². The molecule has 0 aromatic rings. The summed E-state index contributed by atoms with van der Waals surface area (Å²) in [6.45, 7) is 1.68. The van der Waals surface area contributed by atoms with E-state index in [1.165, 1.54) is 25.7 Å². The van der Waals surface area contributed by atoms with Crippen molar-refractivity contribution in [2.45, 2.75) is 57.7 Å². The number of hydrogen-bond donors (Lipinski definition) is 1. The second-order valence-corrected chi connectivity index (χ2v) is 5.50. The van der Waals surface area contributed by atoms with E-state index in [0.29, 0.717) is 5.92 Å². The van der Waals surface area contributed by atoms with Crippen LogP contribution in [0.3, 0.4) is 0 Å². The van der Waals surface area contributed by atoms with Crippen LogP contribution in [0.25, 0.3) is 0 Å². The lowest BCUT2D eigenvalue weighted by Crippen LogP contribution is -2.24. The number of hydrogen-bond acceptors (Lipinski definition) is 4. The predicted molar refractivity (Wildman–Crippen MR) is 69.9 cm³/mol. The monoisotopic (exact) mass is 255 g/mol. The Kier molecular flexibility index (Phi) is 5.94. The molecule has 1 unspecified atom stereocenters. The van der Waals surface area contributed by atoms with Crippen molar-refractivity contribution in [3.63, 3.8) is 0 Å². The fourth-order valence-electron chi connectivity index (χ4n) is 2.93. The first-order chi connectivity index (χ1) is 8.88. The van der Waals surface area contributed by atoms with Crippen LogP contribution in [0, 0.1) is 11.8 Å². The van der Waals surface area contributed by atoms with Crippen LogP contribution in [0.1, 0.15) is 51.4 Å². The highest BCUT2D eigenvalue weighted by Crippen LogP contribution is 2.30. The molecule has 1 aliphatic carbocycles. The van der Waals surface area contributed by atoms with Crippen LogP contribution in [0.2, 0.25) is 0 Å². The van der Waals surface area contributed by atoms with Gasteiger partial charge in [0.15, 0.2) is 6.29 Å². The van der Waals surface area contributed by atoms with Crippen LogP contribution in [-0.2, 0) is 9.47 Å². The van der Waals surface area contributed by atoms with E-state index in [2.05, 4.69) is 5.16 Å². The summed E-state index contributed by atoms with van der Waals surface area (Å²) in [4.78, 5) is 0. The van der Waals surface area contributed by atoms with E-state index >= 15 is 0 Å². The summed E-state index contributed by atoms with van der Waals surface area (Å²) in [5.41, 5.74) is 0. The van der Waals surface area contributed by atoms with Crippen molar-refractivity contribution in [2.24, 2.45) is 17.0 Å². The summed E-state index contributed by atoms with van der Waals surface area (Å²) >= 11 is 0. The molecule has 2 fully saturated rings.